The molecule has 0 saturated carbocycles. The van der Waals surface area contributed by atoms with Crippen LogP contribution in [0.3, 0.4) is 0 Å². The summed E-state index contributed by atoms with van der Waals surface area (Å²) in [5, 5.41) is 9.05. The molecule has 2 aromatic rings. The predicted molar refractivity (Wildman–Crippen MR) is 60.3 cm³/mol. The summed E-state index contributed by atoms with van der Waals surface area (Å²) in [5.74, 6) is -1.20. The molecule has 0 unspecified atom stereocenters. The van der Waals surface area contributed by atoms with Gasteiger partial charge in [0.15, 0.2) is 0 Å². The summed E-state index contributed by atoms with van der Waals surface area (Å²) in [6, 6.07) is 3.68. The summed E-state index contributed by atoms with van der Waals surface area (Å²) in [6.45, 7) is 2.60. The van der Waals surface area contributed by atoms with Crippen molar-refractivity contribution >= 4 is 5.97 Å². The van der Waals surface area contributed by atoms with Crippen molar-refractivity contribution in [1.82, 2.24) is 9.55 Å². The van der Waals surface area contributed by atoms with Crippen molar-refractivity contribution in [2.45, 2.75) is 13.5 Å². The molecule has 0 saturated heterocycles. The average molecular weight is 234 g/mol. The first-order valence-electron chi connectivity index (χ1n) is 5.18. The van der Waals surface area contributed by atoms with Crippen LogP contribution in [-0.2, 0) is 6.54 Å². The molecule has 1 N–H and O–H groups in total. The van der Waals surface area contributed by atoms with Crippen molar-refractivity contribution in [3.8, 4) is 11.4 Å². The fourth-order valence-electron chi connectivity index (χ4n) is 1.70. The zero-order chi connectivity index (χ0) is 12.4. The van der Waals surface area contributed by atoms with E-state index in [9.17, 15) is 9.18 Å². The van der Waals surface area contributed by atoms with Crippen molar-refractivity contribution in [3.63, 3.8) is 0 Å². The summed E-state index contributed by atoms with van der Waals surface area (Å²) in [6.07, 6.45) is 3.35. The van der Waals surface area contributed by atoms with Gasteiger partial charge in [0, 0.05) is 24.5 Å². The van der Waals surface area contributed by atoms with E-state index >= 15 is 0 Å². The highest BCUT2D eigenvalue weighted by molar-refractivity contribution is 5.95. The number of aryl methyl sites for hydroxylation is 1. The Morgan fingerprint density at radius 2 is 2.29 bits per heavy atom. The molecule has 1 heterocycles. The van der Waals surface area contributed by atoms with E-state index < -0.39 is 11.8 Å². The second-order valence-electron chi connectivity index (χ2n) is 3.53. The number of aromatic carboxylic acids is 1. The molecule has 0 aliphatic rings. The van der Waals surface area contributed by atoms with Crippen LogP contribution in [0, 0.1) is 5.82 Å². The fraction of sp³-hybridized carbons (Fsp3) is 0.167. The number of aromatic nitrogens is 2. The Hall–Kier alpha value is -2.17. The van der Waals surface area contributed by atoms with Crippen LogP contribution < -0.4 is 0 Å². The van der Waals surface area contributed by atoms with Gasteiger partial charge < -0.3 is 9.67 Å². The zero-order valence-corrected chi connectivity index (χ0v) is 9.22. The Morgan fingerprint density at radius 1 is 1.53 bits per heavy atom. The van der Waals surface area contributed by atoms with Crippen molar-refractivity contribution in [2.24, 2.45) is 0 Å². The number of nitrogens with zero attached hydrogens (tertiary/aromatic N) is 2. The number of hydrogen-bond acceptors (Lipinski definition) is 2. The SMILES string of the molecule is CCn1ccnc1-c1ccc(F)cc1C(=O)O. The minimum atomic E-state index is -1.16. The number of carboxylic acid groups (broad SMARTS) is 1. The molecule has 1 aromatic carbocycles. The van der Waals surface area contributed by atoms with E-state index in [0.29, 0.717) is 17.9 Å². The molecule has 0 radical (unpaired) electrons. The first-order valence-corrected chi connectivity index (χ1v) is 5.18. The lowest BCUT2D eigenvalue weighted by molar-refractivity contribution is 0.0697. The van der Waals surface area contributed by atoms with Crippen molar-refractivity contribution < 1.29 is 14.3 Å². The van der Waals surface area contributed by atoms with Gasteiger partial charge >= 0.3 is 5.97 Å². The van der Waals surface area contributed by atoms with Crippen LogP contribution in [-0.4, -0.2) is 20.6 Å². The van der Waals surface area contributed by atoms with Gasteiger partial charge in [-0.2, -0.15) is 0 Å². The Morgan fingerprint density at radius 3 is 2.94 bits per heavy atom. The highest BCUT2D eigenvalue weighted by atomic mass is 19.1. The average Bonchev–Trinajstić information content (AvgIpc) is 2.76. The number of imidazole rings is 1. The summed E-state index contributed by atoms with van der Waals surface area (Å²) in [4.78, 5) is 15.2. The molecule has 1 aromatic heterocycles. The number of carboxylic acids is 1. The van der Waals surface area contributed by atoms with Gasteiger partial charge in [-0.05, 0) is 25.1 Å². The van der Waals surface area contributed by atoms with E-state index in [-0.39, 0.29) is 5.56 Å². The molecule has 5 heteroatoms. The van der Waals surface area contributed by atoms with E-state index in [1.54, 1.807) is 17.0 Å². The lowest BCUT2D eigenvalue weighted by atomic mass is 10.1. The number of halogens is 1. The van der Waals surface area contributed by atoms with Gasteiger partial charge in [0.05, 0.1) is 5.56 Å². The number of rotatable bonds is 3. The summed E-state index contributed by atoms with van der Waals surface area (Å²) < 4.78 is 14.8. The maximum absolute atomic E-state index is 13.0. The largest absolute Gasteiger partial charge is 0.478 e. The topological polar surface area (TPSA) is 55.1 Å². The normalized spacial score (nSPS) is 10.5. The Kier molecular flexibility index (Phi) is 2.91. The van der Waals surface area contributed by atoms with Crippen LogP contribution in [0.2, 0.25) is 0 Å². The van der Waals surface area contributed by atoms with Gasteiger partial charge in [0.25, 0.3) is 0 Å². The second kappa shape index (κ2) is 4.37. The smallest absolute Gasteiger partial charge is 0.336 e. The van der Waals surface area contributed by atoms with Crippen molar-refractivity contribution in [1.29, 1.82) is 0 Å². The van der Waals surface area contributed by atoms with E-state index in [4.69, 9.17) is 5.11 Å². The quantitative estimate of drug-likeness (QED) is 0.887. The van der Waals surface area contributed by atoms with Gasteiger partial charge in [0.2, 0.25) is 0 Å². The van der Waals surface area contributed by atoms with Gasteiger partial charge in [0.1, 0.15) is 11.6 Å². The maximum atomic E-state index is 13.0. The van der Waals surface area contributed by atoms with Gasteiger partial charge in [-0.15, -0.1) is 0 Å². The molecule has 0 amide bonds. The molecule has 17 heavy (non-hydrogen) atoms. The molecule has 0 spiro atoms. The van der Waals surface area contributed by atoms with Crippen LogP contribution in [0.5, 0.6) is 0 Å². The molecule has 2 rings (SSSR count). The first kappa shape index (κ1) is 11.3. The Balaban J connectivity index is 2.63. The summed E-state index contributed by atoms with van der Waals surface area (Å²) in [5.41, 5.74) is 0.344. The third-order valence-corrected chi connectivity index (χ3v) is 2.51. The first-order chi connectivity index (χ1) is 8.13. The number of benzene rings is 1. The second-order valence-corrected chi connectivity index (χ2v) is 3.53. The molecule has 0 atom stereocenters. The Labute approximate surface area is 97.3 Å². The lowest BCUT2D eigenvalue weighted by Crippen LogP contribution is -2.04. The molecule has 0 aliphatic heterocycles. The predicted octanol–water partition coefficient (Wildman–Crippen LogP) is 2.41. The van der Waals surface area contributed by atoms with Gasteiger partial charge in [-0.3, -0.25) is 0 Å². The molecule has 0 bridgehead atoms. The van der Waals surface area contributed by atoms with E-state index in [1.165, 1.54) is 12.1 Å². The Bertz CT molecular complexity index is 563. The monoisotopic (exact) mass is 234 g/mol. The molecular formula is C12H11FN2O2. The minimum absolute atomic E-state index is 0.0779. The molecule has 4 nitrogen and oxygen atoms in total. The zero-order valence-electron chi connectivity index (χ0n) is 9.22. The third kappa shape index (κ3) is 2.04. The van der Waals surface area contributed by atoms with Crippen LogP contribution in [0.15, 0.2) is 30.6 Å². The standard InChI is InChI=1S/C12H11FN2O2/c1-2-15-6-5-14-11(15)9-4-3-8(13)7-10(9)12(16)17/h3-7H,2H2,1H3,(H,16,17). The maximum Gasteiger partial charge on any atom is 0.336 e. The van der Waals surface area contributed by atoms with Crippen molar-refractivity contribution in [3.05, 3.63) is 42.0 Å². The van der Waals surface area contributed by atoms with Gasteiger partial charge in [-0.1, -0.05) is 0 Å². The molecule has 0 fully saturated rings. The third-order valence-electron chi connectivity index (χ3n) is 2.51. The van der Waals surface area contributed by atoms with Crippen LogP contribution in [0.25, 0.3) is 11.4 Å². The highest BCUT2D eigenvalue weighted by Crippen LogP contribution is 2.23. The number of hydrogen-bond donors (Lipinski definition) is 1. The van der Waals surface area contributed by atoms with E-state index in [2.05, 4.69) is 4.98 Å². The lowest BCUT2D eigenvalue weighted by Gasteiger charge is -2.07. The minimum Gasteiger partial charge on any atom is -0.478 e. The van der Waals surface area contributed by atoms with Gasteiger partial charge in [-0.25, -0.2) is 14.2 Å². The fourth-order valence-corrected chi connectivity index (χ4v) is 1.70. The molecular weight excluding hydrogens is 223 g/mol. The summed E-state index contributed by atoms with van der Waals surface area (Å²) in [7, 11) is 0. The highest BCUT2D eigenvalue weighted by Gasteiger charge is 2.16. The van der Waals surface area contributed by atoms with E-state index in [1.807, 2.05) is 6.92 Å². The van der Waals surface area contributed by atoms with Crippen molar-refractivity contribution in [2.75, 3.05) is 0 Å². The van der Waals surface area contributed by atoms with Crippen LogP contribution in [0.4, 0.5) is 4.39 Å². The molecule has 0 aliphatic carbocycles. The number of carbonyl (C=O) groups is 1. The van der Waals surface area contributed by atoms with Crippen LogP contribution in [0.1, 0.15) is 17.3 Å². The summed E-state index contributed by atoms with van der Waals surface area (Å²) >= 11 is 0. The van der Waals surface area contributed by atoms with Crippen LogP contribution >= 0.6 is 0 Å². The molecule has 88 valence electrons. The van der Waals surface area contributed by atoms with E-state index in [0.717, 1.165) is 6.07 Å².